The van der Waals surface area contributed by atoms with Crippen LogP contribution in [-0.4, -0.2) is 11.6 Å². The number of allylic oxidation sites excluding steroid dienone is 3. The fourth-order valence-electron chi connectivity index (χ4n) is 1.12. The minimum absolute atomic E-state index is 0.268. The topological polar surface area (TPSA) is 26.3 Å². The molecule has 0 amide bonds. The lowest BCUT2D eigenvalue weighted by atomic mass is 10.1. The molecule has 0 fully saturated rings. The van der Waals surface area contributed by atoms with E-state index >= 15 is 0 Å². The van der Waals surface area contributed by atoms with Crippen LogP contribution in [0.15, 0.2) is 24.3 Å². The molecule has 0 saturated carbocycles. The number of carbonyl (C=O) groups is 1. The fourth-order valence-corrected chi connectivity index (χ4v) is 1.12. The zero-order valence-corrected chi connectivity index (χ0v) is 10.4. The van der Waals surface area contributed by atoms with Gasteiger partial charge in [-0.1, -0.05) is 25.2 Å². The summed E-state index contributed by atoms with van der Waals surface area (Å²) in [6.07, 6.45) is 8.36. The average molecular weight is 210 g/mol. The molecular formula is C13H22O2. The van der Waals surface area contributed by atoms with Crippen molar-refractivity contribution < 1.29 is 9.53 Å². The van der Waals surface area contributed by atoms with Gasteiger partial charge >= 0.3 is 5.97 Å². The van der Waals surface area contributed by atoms with Crippen molar-refractivity contribution in [1.29, 1.82) is 0 Å². The van der Waals surface area contributed by atoms with Crippen LogP contribution in [0, 0.1) is 5.92 Å². The van der Waals surface area contributed by atoms with Gasteiger partial charge in [0.05, 0.1) is 0 Å². The van der Waals surface area contributed by atoms with Crippen LogP contribution in [0.2, 0.25) is 0 Å². The molecule has 86 valence electrons. The molecule has 15 heavy (non-hydrogen) atoms. The van der Waals surface area contributed by atoms with Crippen molar-refractivity contribution in [2.24, 2.45) is 5.92 Å². The van der Waals surface area contributed by atoms with Gasteiger partial charge in [0, 0.05) is 6.08 Å². The van der Waals surface area contributed by atoms with Gasteiger partial charge in [-0.2, -0.15) is 0 Å². The molecule has 0 bridgehead atoms. The molecule has 0 rings (SSSR count). The van der Waals surface area contributed by atoms with Crippen LogP contribution >= 0.6 is 0 Å². The van der Waals surface area contributed by atoms with Gasteiger partial charge in [0.25, 0.3) is 0 Å². The molecule has 0 N–H and O–H groups in total. The highest BCUT2D eigenvalue weighted by Crippen LogP contribution is 2.08. The van der Waals surface area contributed by atoms with Crippen LogP contribution in [0.1, 0.15) is 41.0 Å². The zero-order valence-electron chi connectivity index (χ0n) is 10.4. The number of carbonyl (C=O) groups excluding carboxylic acids is 1. The van der Waals surface area contributed by atoms with E-state index in [1.165, 1.54) is 6.08 Å². The van der Waals surface area contributed by atoms with Crippen LogP contribution < -0.4 is 0 Å². The van der Waals surface area contributed by atoms with Gasteiger partial charge < -0.3 is 4.74 Å². The number of rotatable bonds is 4. The van der Waals surface area contributed by atoms with Gasteiger partial charge in [-0.15, -0.1) is 0 Å². The molecule has 1 atom stereocenters. The summed E-state index contributed by atoms with van der Waals surface area (Å²) in [6.45, 7) is 9.69. The van der Waals surface area contributed by atoms with Crippen molar-refractivity contribution >= 4 is 5.97 Å². The van der Waals surface area contributed by atoms with Crippen molar-refractivity contribution in [2.75, 3.05) is 0 Å². The number of hydrogen-bond donors (Lipinski definition) is 0. The Bertz CT molecular complexity index is 244. The Kier molecular flexibility index (Phi) is 5.99. The van der Waals surface area contributed by atoms with Crippen molar-refractivity contribution in [3.63, 3.8) is 0 Å². The van der Waals surface area contributed by atoms with Crippen LogP contribution in [0.5, 0.6) is 0 Å². The third kappa shape index (κ3) is 9.26. The first-order valence-corrected chi connectivity index (χ1v) is 5.37. The van der Waals surface area contributed by atoms with E-state index in [9.17, 15) is 4.79 Å². The molecule has 0 saturated heterocycles. The van der Waals surface area contributed by atoms with Crippen molar-refractivity contribution in [1.82, 2.24) is 0 Å². The van der Waals surface area contributed by atoms with Gasteiger partial charge in [0.2, 0.25) is 0 Å². The summed E-state index contributed by atoms with van der Waals surface area (Å²) in [4.78, 5) is 11.3. The second kappa shape index (κ2) is 6.44. The maximum absolute atomic E-state index is 11.3. The summed E-state index contributed by atoms with van der Waals surface area (Å²) in [5, 5.41) is 0. The van der Waals surface area contributed by atoms with Gasteiger partial charge in [-0.05, 0) is 40.0 Å². The first kappa shape index (κ1) is 13.9. The zero-order chi connectivity index (χ0) is 11.9. The number of esters is 1. The van der Waals surface area contributed by atoms with E-state index in [2.05, 4.69) is 13.0 Å². The van der Waals surface area contributed by atoms with E-state index in [4.69, 9.17) is 4.74 Å². The van der Waals surface area contributed by atoms with E-state index in [1.54, 1.807) is 0 Å². The van der Waals surface area contributed by atoms with E-state index in [1.807, 2.05) is 39.8 Å². The van der Waals surface area contributed by atoms with Crippen LogP contribution in [0.3, 0.4) is 0 Å². The molecule has 0 aliphatic carbocycles. The third-order valence-electron chi connectivity index (χ3n) is 1.69. The lowest BCUT2D eigenvalue weighted by molar-refractivity contribution is -0.148. The van der Waals surface area contributed by atoms with E-state index in [-0.39, 0.29) is 5.97 Å². The van der Waals surface area contributed by atoms with Gasteiger partial charge in [0.15, 0.2) is 0 Å². The van der Waals surface area contributed by atoms with E-state index in [0.29, 0.717) is 5.92 Å². The largest absolute Gasteiger partial charge is 0.457 e. The lowest BCUT2D eigenvalue weighted by Gasteiger charge is -2.17. The van der Waals surface area contributed by atoms with Crippen LogP contribution in [-0.2, 0) is 9.53 Å². The predicted molar refractivity (Wildman–Crippen MR) is 63.6 cm³/mol. The molecule has 0 heterocycles. The van der Waals surface area contributed by atoms with Gasteiger partial charge in [-0.3, -0.25) is 0 Å². The summed E-state index contributed by atoms with van der Waals surface area (Å²) in [7, 11) is 0. The minimum Gasteiger partial charge on any atom is -0.457 e. The summed E-state index contributed by atoms with van der Waals surface area (Å²) >= 11 is 0. The standard InChI is InChI=1S/C13H22O2/c1-6-8-11(2)9-7-10-12(14)15-13(3,4)5/h6-8,10-11H,9H2,1-5H3/b8-6+,10-7+. The molecule has 0 aromatic carbocycles. The molecule has 0 spiro atoms. The Morgan fingerprint density at radius 2 is 2.00 bits per heavy atom. The third-order valence-corrected chi connectivity index (χ3v) is 1.69. The quantitative estimate of drug-likeness (QED) is 0.403. The Morgan fingerprint density at radius 1 is 1.40 bits per heavy atom. The fraction of sp³-hybridized carbons (Fsp3) is 0.615. The van der Waals surface area contributed by atoms with E-state index in [0.717, 1.165) is 6.42 Å². The molecule has 0 aliphatic rings. The maximum atomic E-state index is 11.3. The highest BCUT2D eigenvalue weighted by atomic mass is 16.6. The van der Waals surface area contributed by atoms with Crippen molar-refractivity contribution in [3.05, 3.63) is 24.3 Å². The molecule has 0 aromatic heterocycles. The van der Waals surface area contributed by atoms with Crippen LogP contribution in [0.25, 0.3) is 0 Å². The average Bonchev–Trinajstić information content (AvgIpc) is 2.00. The summed E-state index contributed by atoms with van der Waals surface area (Å²) in [6, 6.07) is 0. The van der Waals surface area contributed by atoms with Crippen molar-refractivity contribution in [3.8, 4) is 0 Å². The highest BCUT2D eigenvalue weighted by Gasteiger charge is 2.13. The minimum atomic E-state index is -0.406. The van der Waals surface area contributed by atoms with Crippen molar-refractivity contribution in [2.45, 2.75) is 46.6 Å². The Hall–Kier alpha value is -1.05. The molecular weight excluding hydrogens is 188 g/mol. The summed E-state index contributed by atoms with van der Waals surface area (Å²) in [5.74, 6) is 0.198. The van der Waals surface area contributed by atoms with Crippen LogP contribution in [0.4, 0.5) is 0 Å². The highest BCUT2D eigenvalue weighted by molar-refractivity contribution is 5.82. The second-order valence-electron chi connectivity index (χ2n) is 4.67. The van der Waals surface area contributed by atoms with Gasteiger partial charge in [-0.25, -0.2) is 4.79 Å². The molecule has 0 radical (unpaired) electrons. The molecule has 1 unspecified atom stereocenters. The smallest absolute Gasteiger partial charge is 0.330 e. The Morgan fingerprint density at radius 3 is 2.47 bits per heavy atom. The number of ether oxygens (including phenoxy) is 1. The normalized spacial score (nSPS) is 14.7. The SMILES string of the molecule is C/C=C/C(C)C/C=C/C(=O)OC(C)(C)C. The predicted octanol–water partition coefficient (Wildman–Crippen LogP) is 3.49. The Balaban J connectivity index is 3.92. The van der Waals surface area contributed by atoms with Gasteiger partial charge in [0.1, 0.15) is 5.60 Å². The molecule has 2 nitrogen and oxygen atoms in total. The van der Waals surface area contributed by atoms with E-state index < -0.39 is 5.60 Å². The first-order valence-electron chi connectivity index (χ1n) is 5.37. The molecule has 2 heteroatoms. The number of hydrogen-bond acceptors (Lipinski definition) is 2. The molecule has 0 aliphatic heterocycles. The maximum Gasteiger partial charge on any atom is 0.330 e. The first-order chi connectivity index (χ1) is 6.85. The summed E-state index contributed by atoms with van der Waals surface area (Å²) in [5.41, 5.74) is -0.406. The second-order valence-corrected chi connectivity index (χ2v) is 4.67. The lowest BCUT2D eigenvalue weighted by Crippen LogP contribution is -2.22. The summed E-state index contributed by atoms with van der Waals surface area (Å²) < 4.78 is 5.14. The molecule has 0 aromatic rings. The monoisotopic (exact) mass is 210 g/mol. The Labute approximate surface area is 93.0 Å².